The maximum Gasteiger partial charge on any atom is 0.295 e. The molecule has 0 spiro atoms. The van der Waals surface area contributed by atoms with E-state index in [0.717, 1.165) is 37.6 Å². The number of ether oxygens (including phenoxy) is 4. The zero-order valence-electron chi connectivity index (χ0n) is 17.1. The van der Waals surface area contributed by atoms with Gasteiger partial charge in [0.05, 0.1) is 32.5 Å². The van der Waals surface area contributed by atoms with E-state index in [1.54, 1.807) is 31.3 Å². The number of carbonyl (C=O) groups excluding carboxylic acids is 1. The lowest BCUT2D eigenvalue weighted by Gasteiger charge is -2.31. The number of para-hydroxylation sites is 1. The number of benzene rings is 2. The smallest absolute Gasteiger partial charge is 0.295 e. The first kappa shape index (κ1) is 21.3. The molecule has 7 heteroatoms. The Labute approximate surface area is 171 Å². The van der Waals surface area contributed by atoms with Crippen LogP contribution in [0.25, 0.3) is 0 Å². The van der Waals surface area contributed by atoms with Gasteiger partial charge in [0.1, 0.15) is 5.75 Å². The van der Waals surface area contributed by atoms with Gasteiger partial charge in [-0.25, -0.2) is 0 Å². The van der Waals surface area contributed by atoms with Crippen molar-refractivity contribution in [3.63, 3.8) is 0 Å². The highest BCUT2D eigenvalue weighted by Gasteiger charge is 2.40. The van der Waals surface area contributed by atoms with Gasteiger partial charge in [0.2, 0.25) is 5.78 Å². The zero-order valence-corrected chi connectivity index (χ0v) is 17.1. The molecular formula is C22H28N2O5. The molecule has 0 aliphatic carbocycles. The van der Waals surface area contributed by atoms with Gasteiger partial charge < -0.3 is 23.8 Å². The van der Waals surface area contributed by atoms with Gasteiger partial charge in [-0.05, 0) is 36.9 Å². The number of hydrogen-bond donors (Lipinski definition) is 1. The van der Waals surface area contributed by atoms with Gasteiger partial charge in [-0.2, -0.15) is 0 Å². The molecule has 1 aliphatic rings. The van der Waals surface area contributed by atoms with E-state index >= 15 is 0 Å². The summed E-state index contributed by atoms with van der Waals surface area (Å²) >= 11 is 0. The number of Topliss-reactive ketones (excluding diaryl/α,β-unsaturated/α-hetero) is 1. The third kappa shape index (κ3) is 4.76. The second-order valence-electron chi connectivity index (χ2n) is 6.65. The van der Waals surface area contributed by atoms with Crippen LogP contribution in [0, 0.1) is 0 Å². The van der Waals surface area contributed by atoms with Crippen molar-refractivity contribution in [2.45, 2.75) is 12.5 Å². The molecule has 0 aromatic heterocycles. The molecule has 1 atom stereocenters. The topological polar surface area (TPSA) is 69.3 Å². The summed E-state index contributed by atoms with van der Waals surface area (Å²) in [7, 11) is 4.58. The minimum atomic E-state index is -1.61. The Balaban J connectivity index is 1.72. The van der Waals surface area contributed by atoms with Crippen LogP contribution in [0.1, 0.15) is 15.9 Å². The normalized spacial score (nSPS) is 16.3. The van der Waals surface area contributed by atoms with Crippen molar-refractivity contribution in [1.82, 2.24) is 5.32 Å². The number of ketones is 1. The summed E-state index contributed by atoms with van der Waals surface area (Å²) in [6.45, 7) is 3.47. The average molecular weight is 400 g/mol. The SMILES string of the molecule is CNC(OC)(OCc1ccc(N2CCOCC2)cc1)C(=O)c1ccccc1OC. The van der Waals surface area contributed by atoms with Gasteiger partial charge in [0.25, 0.3) is 5.91 Å². The Morgan fingerprint density at radius 1 is 1.10 bits per heavy atom. The largest absolute Gasteiger partial charge is 0.496 e. The lowest BCUT2D eigenvalue weighted by atomic mass is 10.1. The molecule has 1 N–H and O–H groups in total. The lowest BCUT2D eigenvalue weighted by Crippen LogP contribution is -2.54. The Hall–Kier alpha value is -2.45. The monoisotopic (exact) mass is 400 g/mol. The van der Waals surface area contributed by atoms with Crippen molar-refractivity contribution >= 4 is 11.5 Å². The van der Waals surface area contributed by atoms with E-state index in [1.807, 2.05) is 12.1 Å². The van der Waals surface area contributed by atoms with E-state index in [9.17, 15) is 4.79 Å². The van der Waals surface area contributed by atoms with Crippen LogP contribution in [-0.4, -0.2) is 59.3 Å². The van der Waals surface area contributed by atoms with Gasteiger partial charge in [-0.15, -0.1) is 0 Å². The van der Waals surface area contributed by atoms with Crippen LogP contribution < -0.4 is 15.0 Å². The fourth-order valence-corrected chi connectivity index (χ4v) is 3.32. The molecule has 29 heavy (non-hydrogen) atoms. The summed E-state index contributed by atoms with van der Waals surface area (Å²) in [6, 6.07) is 15.1. The first-order chi connectivity index (χ1) is 14.1. The summed E-state index contributed by atoms with van der Waals surface area (Å²) in [5.74, 6) is -1.50. The first-order valence-electron chi connectivity index (χ1n) is 9.61. The number of methoxy groups -OCH3 is 2. The molecule has 0 radical (unpaired) electrons. The summed E-state index contributed by atoms with van der Waals surface area (Å²) in [4.78, 5) is 15.5. The molecule has 0 saturated carbocycles. The Kier molecular flexibility index (Phi) is 7.22. The average Bonchev–Trinajstić information content (AvgIpc) is 2.80. The van der Waals surface area contributed by atoms with E-state index < -0.39 is 5.91 Å². The molecule has 1 aliphatic heterocycles. The number of hydrogen-bond acceptors (Lipinski definition) is 7. The molecule has 7 nitrogen and oxygen atoms in total. The van der Waals surface area contributed by atoms with Gasteiger partial charge >= 0.3 is 0 Å². The third-order valence-corrected chi connectivity index (χ3v) is 5.02. The maximum absolute atomic E-state index is 13.2. The third-order valence-electron chi connectivity index (χ3n) is 5.02. The Morgan fingerprint density at radius 2 is 1.79 bits per heavy atom. The highest BCUT2D eigenvalue weighted by atomic mass is 16.7. The van der Waals surface area contributed by atoms with Crippen LogP contribution in [0.15, 0.2) is 48.5 Å². The molecule has 1 saturated heterocycles. The van der Waals surface area contributed by atoms with Crippen molar-refractivity contribution in [1.29, 1.82) is 0 Å². The van der Waals surface area contributed by atoms with Crippen LogP contribution in [0.2, 0.25) is 0 Å². The number of morpholine rings is 1. The van der Waals surface area contributed by atoms with E-state index in [-0.39, 0.29) is 12.4 Å². The standard InChI is InChI=1S/C22H28N2O5/c1-23-22(27-3,21(25)19-6-4-5-7-20(19)26-2)29-16-17-8-10-18(11-9-17)24-12-14-28-15-13-24/h4-11,23H,12-16H2,1-3H3. The number of nitrogens with zero attached hydrogens (tertiary/aromatic N) is 1. The number of carbonyl (C=O) groups is 1. The molecule has 1 heterocycles. The van der Waals surface area contributed by atoms with Crippen molar-refractivity contribution in [2.75, 3.05) is 52.5 Å². The van der Waals surface area contributed by atoms with E-state index in [2.05, 4.69) is 22.3 Å². The molecule has 0 amide bonds. The summed E-state index contributed by atoms with van der Waals surface area (Å²) in [5, 5.41) is 2.88. The van der Waals surface area contributed by atoms with Gasteiger partial charge in [0, 0.05) is 25.9 Å². The minimum absolute atomic E-state index is 0.207. The van der Waals surface area contributed by atoms with Crippen molar-refractivity contribution in [3.05, 3.63) is 59.7 Å². The number of anilines is 1. The van der Waals surface area contributed by atoms with Crippen LogP contribution in [0.5, 0.6) is 5.75 Å². The van der Waals surface area contributed by atoms with E-state index in [4.69, 9.17) is 18.9 Å². The highest BCUT2D eigenvalue weighted by Crippen LogP contribution is 2.25. The Morgan fingerprint density at radius 3 is 2.41 bits per heavy atom. The zero-order chi connectivity index (χ0) is 20.7. The maximum atomic E-state index is 13.2. The van der Waals surface area contributed by atoms with Crippen LogP contribution >= 0.6 is 0 Å². The fourth-order valence-electron chi connectivity index (χ4n) is 3.32. The van der Waals surface area contributed by atoms with E-state index in [0.29, 0.717) is 11.3 Å². The van der Waals surface area contributed by atoms with Crippen molar-refractivity contribution in [3.8, 4) is 5.75 Å². The molecule has 2 aromatic carbocycles. The highest BCUT2D eigenvalue weighted by molar-refractivity contribution is 6.03. The second kappa shape index (κ2) is 9.84. The fraction of sp³-hybridized carbons (Fsp3) is 0.409. The van der Waals surface area contributed by atoms with Gasteiger partial charge in [0.15, 0.2) is 0 Å². The predicted molar refractivity (Wildman–Crippen MR) is 110 cm³/mol. The van der Waals surface area contributed by atoms with Crippen LogP contribution in [0.3, 0.4) is 0 Å². The van der Waals surface area contributed by atoms with Crippen molar-refractivity contribution < 1.29 is 23.7 Å². The molecule has 1 fully saturated rings. The molecule has 0 bridgehead atoms. The molecular weight excluding hydrogens is 372 g/mol. The van der Waals surface area contributed by atoms with E-state index in [1.165, 1.54) is 14.2 Å². The quantitative estimate of drug-likeness (QED) is 0.512. The first-order valence-corrected chi connectivity index (χ1v) is 9.61. The second-order valence-corrected chi connectivity index (χ2v) is 6.65. The minimum Gasteiger partial charge on any atom is -0.496 e. The molecule has 156 valence electrons. The number of nitrogens with one attached hydrogen (secondary N) is 1. The van der Waals surface area contributed by atoms with Gasteiger partial charge in [-0.1, -0.05) is 24.3 Å². The van der Waals surface area contributed by atoms with Gasteiger partial charge in [-0.3, -0.25) is 10.1 Å². The number of likely N-dealkylation sites (N-methyl/N-ethyl adjacent to an activating group) is 1. The molecule has 3 rings (SSSR count). The molecule has 1 unspecified atom stereocenters. The van der Waals surface area contributed by atoms with Crippen LogP contribution in [0.4, 0.5) is 5.69 Å². The summed E-state index contributed by atoms with van der Waals surface area (Å²) in [6.07, 6.45) is 0. The Bertz CT molecular complexity index is 799. The summed E-state index contributed by atoms with van der Waals surface area (Å²) < 4.78 is 22.1. The predicted octanol–water partition coefficient (Wildman–Crippen LogP) is 2.45. The van der Waals surface area contributed by atoms with Crippen molar-refractivity contribution in [2.24, 2.45) is 0 Å². The number of rotatable bonds is 9. The summed E-state index contributed by atoms with van der Waals surface area (Å²) in [5.41, 5.74) is 2.47. The van der Waals surface area contributed by atoms with Crippen LogP contribution in [-0.2, 0) is 20.8 Å². The lowest BCUT2D eigenvalue weighted by molar-refractivity contribution is -0.208. The molecule has 2 aromatic rings.